The Morgan fingerprint density at radius 2 is 2.27 bits per heavy atom. The van der Waals surface area contributed by atoms with Gasteiger partial charge in [-0.25, -0.2) is 0 Å². The zero-order chi connectivity index (χ0) is 11.3. The van der Waals surface area contributed by atoms with Crippen LogP contribution in [0.3, 0.4) is 0 Å². The fourth-order valence-electron chi connectivity index (χ4n) is 1.40. The molecule has 0 spiro atoms. The molecule has 0 aromatic carbocycles. The van der Waals surface area contributed by atoms with Gasteiger partial charge >= 0.3 is 0 Å². The first kappa shape index (κ1) is 11.9. The molecule has 1 N–H and O–H groups in total. The highest BCUT2D eigenvalue weighted by molar-refractivity contribution is 5.39. The van der Waals surface area contributed by atoms with Crippen LogP contribution in [0.25, 0.3) is 0 Å². The van der Waals surface area contributed by atoms with Crippen molar-refractivity contribution in [1.29, 1.82) is 0 Å². The summed E-state index contributed by atoms with van der Waals surface area (Å²) in [6.07, 6.45) is 3.38. The number of hydrogen-bond donors (Lipinski definition) is 1. The Hall–Kier alpha value is -1.16. The van der Waals surface area contributed by atoms with Gasteiger partial charge in [0.05, 0.1) is 6.10 Å². The number of nitrogens with zero attached hydrogens (tertiary/aromatic N) is 3. The number of aromatic nitrogens is 2. The smallest absolute Gasteiger partial charge is 0.151 e. The van der Waals surface area contributed by atoms with Gasteiger partial charge in [-0.2, -0.15) is 0 Å². The lowest BCUT2D eigenvalue weighted by atomic mass is 10.2. The van der Waals surface area contributed by atoms with E-state index in [2.05, 4.69) is 23.3 Å². The average Bonchev–Trinajstić information content (AvgIpc) is 2.25. The van der Waals surface area contributed by atoms with Gasteiger partial charge in [-0.3, -0.25) is 0 Å². The Bertz CT molecular complexity index is 302. The Balaban J connectivity index is 2.81. The van der Waals surface area contributed by atoms with E-state index in [9.17, 15) is 5.11 Å². The molecule has 0 saturated heterocycles. The molecule has 1 atom stereocenters. The van der Waals surface area contributed by atoms with Gasteiger partial charge in [0.1, 0.15) is 6.20 Å². The van der Waals surface area contributed by atoms with Crippen molar-refractivity contribution < 1.29 is 5.11 Å². The second kappa shape index (κ2) is 5.66. The third-order valence-corrected chi connectivity index (χ3v) is 2.22. The lowest BCUT2D eigenvalue weighted by Gasteiger charge is -2.22. The molecule has 0 bridgehead atoms. The molecule has 1 radical (unpaired) electrons. The number of hydrogen-bond acceptors (Lipinski definition) is 4. The summed E-state index contributed by atoms with van der Waals surface area (Å²) in [7, 11) is 0. The molecule has 1 aromatic rings. The fraction of sp³-hybridized carbons (Fsp3) is 0.636. The minimum atomic E-state index is -0.360. The maximum atomic E-state index is 9.34. The van der Waals surface area contributed by atoms with Crippen LogP contribution in [0.1, 0.15) is 26.3 Å². The second-order valence-electron chi connectivity index (χ2n) is 3.58. The Morgan fingerprint density at radius 1 is 1.53 bits per heavy atom. The number of likely N-dealkylation sites (N-methyl/N-ethyl adjacent to an activating group) is 1. The minimum absolute atomic E-state index is 0.360. The number of anilines is 1. The largest absolute Gasteiger partial charge is 0.392 e. The zero-order valence-corrected chi connectivity index (χ0v) is 9.56. The summed E-state index contributed by atoms with van der Waals surface area (Å²) in [5.74, 6) is 0.814. The topological polar surface area (TPSA) is 49.2 Å². The van der Waals surface area contributed by atoms with Crippen LogP contribution in [-0.2, 0) is 6.42 Å². The highest BCUT2D eigenvalue weighted by Gasteiger charge is 2.09. The molecule has 4 heteroatoms. The van der Waals surface area contributed by atoms with E-state index in [0.717, 1.165) is 24.3 Å². The van der Waals surface area contributed by atoms with Crippen molar-refractivity contribution >= 4 is 5.82 Å². The van der Waals surface area contributed by atoms with Gasteiger partial charge in [0.25, 0.3) is 0 Å². The van der Waals surface area contributed by atoms with Crippen molar-refractivity contribution in [3.05, 3.63) is 17.8 Å². The van der Waals surface area contributed by atoms with Gasteiger partial charge in [-0.1, -0.05) is 6.92 Å². The standard InChI is InChI=1S/C11H18N3O/c1-4-10-6-11(13-12-7-10)14(5-2)8-9(3)15/h6,9,15H,4-5,8H2,1-3H3. The summed E-state index contributed by atoms with van der Waals surface area (Å²) < 4.78 is 0. The van der Waals surface area contributed by atoms with E-state index < -0.39 is 0 Å². The average molecular weight is 208 g/mol. The van der Waals surface area contributed by atoms with Crippen molar-refractivity contribution in [3.63, 3.8) is 0 Å². The van der Waals surface area contributed by atoms with E-state index in [0.29, 0.717) is 6.54 Å². The van der Waals surface area contributed by atoms with Gasteiger partial charge < -0.3 is 10.0 Å². The van der Waals surface area contributed by atoms with Crippen molar-refractivity contribution in [2.45, 2.75) is 33.3 Å². The van der Waals surface area contributed by atoms with E-state index in [-0.39, 0.29) is 6.10 Å². The van der Waals surface area contributed by atoms with Crippen molar-refractivity contribution in [2.24, 2.45) is 0 Å². The van der Waals surface area contributed by atoms with Crippen LogP contribution >= 0.6 is 0 Å². The van der Waals surface area contributed by atoms with Crippen LogP contribution < -0.4 is 4.90 Å². The maximum absolute atomic E-state index is 9.34. The van der Waals surface area contributed by atoms with Gasteiger partial charge in [-0.15, -0.1) is 10.2 Å². The number of rotatable bonds is 5. The summed E-state index contributed by atoms with van der Waals surface area (Å²) in [6, 6.07) is 1.97. The first-order valence-corrected chi connectivity index (χ1v) is 5.34. The summed E-state index contributed by atoms with van der Waals surface area (Å²) in [5, 5.41) is 17.2. The molecule has 0 saturated carbocycles. The molecular formula is C11H18N3O. The second-order valence-corrected chi connectivity index (χ2v) is 3.58. The third kappa shape index (κ3) is 3.47. The van der Waals surface area contributed by atoms with E-state index in [1.165, 1.54) is 0 Å². The molecule has 0 aliphatic carbocycles. The third-order valence-electron chi connectivity index (χ3n) is 2.22. The predicted molar refractivity (Wildman–Crippen MR) is 59.8 cm³/mol. The molecule has 0 amide bonds. The highest BCUT2D eigenvalue weighted by Crippen LogP contribution is 2.11. The molecule has 0 aliphatic rings. The quantitative estimate of drug-likeness (QED) is 0.785. The molecule has 83 valence electrons. The molecule has 1 heterocycles. The summed E-state index contributed by atoms with van der Waals surface area (Å²) in [6.45, 7) is 7.26. The predicted octanol–water partition coefficient (Wildman–Crippen LogP) is 1.05. The van der Waals surface area contributed by atoms with Crippen LogP contribution in [0.5, 0.6) is 0 Å². The molecule has 1 aromatic heterocycles. The molecule has 4 nitrogen and oxygen atoms in total. The number of aliphatic hydroxyl groups is 1. The first-order valence-electron chi connectivity index (χ1n) is 5.34. The fourth-order valence-corrected chi connectivity index (χ4v) is 1.40. The van der Waals surface area contributed by atoms with Crippen LogP contribution in [0.2, 0.25) is 0 Å². The van der Waals surface area contributed by atoms with Crippen LogP contribution in [0.4, 0.5) is 5.82 Å². The van der Waals surface area contributed by atoms with Crippen molar-refractivity contribution in [3.8, 4) is 0 Å². The number of aliphatic hydroxyl groups excluding tert-OH is 1. The SMILES string of the molecule is CCc1[c]nnc(N(CC)CC(C)O)c1. The van der Waals surface area contributed by atoms with E-state index >= 15 is 0 Å². The summed E-state index contributed by atoms with van der Waals surface area (Å²) in [4.78, 5) is 2.00. The Morgan fingerprint density at radius 3 is 2.80 bits per heavy atom. The van der Waals surface area contributed by atoms with Gasteiger partial charge in [-0.05, 0) is 31.9 Å². The lowest BCUT2D eigenvalue weighted by molar-refractivity contribution is 0.200. The first-order chi connectivity index (χ1) is 7.17. The van der Waals surface area contributed by atoms with Crippen LogP contribution in [0, 0.1) is 6.20 Å². The van der Waals surface area contributed by atoms with Gasteiger partial charge in [0, 0.05) is 13.1 Å². The molecule has 15 heavy (non-hydrogen) atoms. The Labute approximate surface area is 90.9 Å². The highest BCUT2D eigenvalue weighted by atomic mass is 16.3. The Kier molecular flexibility index (Phi) is 4.49. The van der Waals surface area contributed by atoms with Crippen molar-refractivity contribution in [2.75, 3.05) is 18.0 Å². The normalized spacial score (nSPS) is 12.5. The maximum Gasteiger partial charge on any atom is 0.151 e. The zero-order valence-electron chi connectivity index (χ0n) is 9.56. The molecular weight excluding hydrogens is 190 g/mol. The monoisotopic (exact) mass is 208 g/mol. The summed E-state index contributed by atoms with van der Waals surface area (Å²) in [5.41, 5.74) is 1.05. The van der Waals surface area contributed by atoms with E-state index in [1.807, 2.05) is 17.9 Å². The van der Waals surface area contributed by atoms with Gasteiger partial charge in [0.2, 0.25) is 0 Å². The van der Waals surface area contributed by atoms with Crippen LogP contribution in [-0.4, -0.2) is 34.5 Å². The lowest BCUT2D eigenvalue weighted by Crippen LogP contribution is -2.31. The van der Waals surface area contributed by atoms with E-state index in [4.69, 9.17) is 0 Å². The van der Waals surface area contributed by atoms with E-state index in [1.54, 1.807) is 6.92 Å². The molecule has 0 fully saturated rings. The molecule has 1 unspecified atom stereocenters. The summed E-state index contributed by atoms with van der Waals surface area (Å²) >= 11 is 0. The van der Waals surface area contributed by atoms with Crippen LogP contribution in [0.15, 0.2) is 6.07 Å². The van der Waals surface area contributed by atoms with Gasteiger partial charge in [0.15, 0.2) is 5.82 Å². The minimum Gasteiger partial charge on any atom is -0.392 e. The number of aryl methyl sites for hydroxylation is 1. The molecule has 0 aliphatic heterocycles. The molecule has 1 rings (SSSR count). The van der Waals surface area contributed by atoms with Crippen molar-refractivity contribution in [1.82, 2.24) is 10.2 Å².